The van der Waals surface area contributed by atoms with E-state index in [1.54, 1.807) is 22.6 Å². The second-order valence-electron chi connectivity index (χ2n) is 8.99. The van der Waals surface area contributed by atoms with Gasteiger partial charge in [0.1, 0.15) is 11.0 Å². The minimum Gasteiger partial charge on any atom is -0.382 e. The molecule has 1 aliphatic heterocycles. The van der Waals surface area contributed by atoms with Crippen molar-refractivity contribution < 1.29 is 13.2 Å². The highest BCUT2D eigenvalue weighted by molar-refractivity contribution is 7.91. The summed E-state index contributed by atoms with van der Waals surface area (Å²) in [5.41, 5.74) is 7.75. The summed E-state index contributed by atoms with van der Waals surface area (Å²) in [6, 6.07) is 1.85. The average molecular weight is 463 g/mol. The zero-order valence-electron chi connectivity index (χ0n) is 19.0. The lowest BCUT2D eigenvalue weighted by atomic mass is 9.91. The van der Waals surface area contributed by atoms with Gasteiger partial charge in [0.05, 0.1) is 28.4 Å². The Morgan fingerprint density at radius 3 is 2.50 bits per heavy atom. The van der Waals surface area contributed by atoms with Gasteiger partial charge in [0.15, 0.2) is 15.7 Å². The Bertz CT molecular complexity index is 1320. The third-order valence-corrected chi connectivity index (χ3v) is 8.48. The van der Waals surface area contributed by atoms with E-state index in [4.69, 9.17) is 15.6 Å². The first-order valence-corrected chi connectivity index (χ1v) is 12.5. The fourth-order valence-corrected chi connectivity index (χ4v) is 5.92. The molecule has 0 radical (unpaired) electrons. The van der Waals surface area contributed by atoms with Crippen LogP contribution in [0.2, 0.25) is 0 Å². The highest BCUT2D eigenvalue weighted by Gasteiger charge is 2.41. The van der Waals surface area contributed by atoms with Crippen LogP contribution in [-0.4, -0.2) is 51.6 Å². The Balaban J connectivity index is 1.90. The molecule has 0 amide bonds. The molecule has 0 aromatic carbocycles. The van der Waals surface area contributed by atoms with E-state index in [-0.39, 0.29) is 34.8 Å². The van der Waals surface area contributed by atoms with Crippen molar-refractivity contribution in [1.29, 1.82) is 0 Å². The number of aromatic amines is 1. The molecule has 4 rings (SSSR count). The van der Waals surface area contributed by atoms with Gasteiger partial charge in [-0.15, -0.1) is 0 Å². The van der Waals surface area contributed by atoms with Crippen molar-refractivity contribution in [3.63, 3.8) is 0 Å². The fourth-order valence-electron chi connectivity index (χ4n) is 4.43. The Kier molecular flexibility index (Phi) is 5.44. The lowest BCUT2D eigenvalue weighted by Gasteiger charge is -2.35. The van der Waals surface area contributed by atoms with Crippen molar-refractivity contribution in [2.24, 2.45) is 13.0 Å². The van der Waals surface area contributed by atoms with Gasteiger partial charge in [-0.1, -0.05) is 13.8 Å². The van der Waals surface area contributed by atoms with E-state index in [1.165, 1.54) is 0 Å². The molecule has 0 bridgehead atoms. The summed E-state index contributed by atoms with van der Waals surface area (Å²) in [6.07, 6.45) is 2.52. The first-order chi connectivity index (χ1) is 15.0. The maximum absolute atomic E-state index is 13.1. The van der Waals surface area contributed by atoms with Gasteiger partial charge >= 0.3 is 0 Å². The highest BCUT2D eigenvalue weighted by Crippen LogP contribution is 2.39. The van der Waals surface area contributed by atoms with E-state index in [0.29, 0.717) is 35.0 Å². The smallest absolute Gasteiger partial charge is 0.264 e. The van der Waals surface area contributed by atoms with Crippen molar-refractivity contribution in [2.75, 3.05) is 24.3 Å². The van der Waals surface area contributed by atoms with Crippen molar-refractivity contribution in [1.82, 2.24) is 24.5 Å². The number of nitrogens with one attached hydrogen (secondary N) is 1. The minimum atomic E-state index is -3.06. The number of anilines is 1. The lowest BCUT2D eigenvalue weighted by Crippen LogP contribution is -2.40. The molecule has 1 atom stereocenters. The van der Waals surface area contributed by atoms with Crippen LogP contribution in [0.3, 0.4) is 0 Å². The number of nitrogens with zero attached hydrogens (tertiary/aromatic N) is 4. The van der Waals surface area contributed by atoms with Crippen LogP contribution in [0.25, 0.3) is 22.2 Å². The van der Waals surface area contributed by atoms with Crippen molar-refractivity contribution >= 4 is 26.6 Å². The molecule has 3 N–H and O–H groups in total. The average Bonchev–Trinajstić information content (AvgIpc) is 3.32. The topological polar surface area (TPSA) is 138 Å². The van der Waals surface area contributed by atoms with Crippen molar-refractivity contribution in [2.45, 2.75) is 45.3 Å². The van der Waals surface area contributed by atoms with Crippen LogP contribution in [0.4, 0.5) is 5.82 Å². The number of rotatable bonds is 5. The third-order valence-electron chi connectivity index (χ3n) is 6.83. The number of fused-ring (bicyclic) bond motifs is 1. The number of aryl methyl sites for hydroxylation is 1. The van der Waals surface area contributed by atoms with Crippen LogP contribution in [0, 0.1) is 5.92 Å². The predicted octanol–water partition coefficient (Wildman–Crippen LogP) is 1.97. The molecule has 1 fully saturated rings. The number of pyridine rings is 1. The molecule has 0 saturated carbocycles. The summed E-state index contributed by atoms with van der Waals surface area (Å²) in [5.74, 6) is 0.517. The number of sulfone groups is 1. The van der Waals surface area contributed by atoms with E-state index >= 15 is 0 Å². The van der Waals surface area contributed by atoms with Gasteiger partial charge in [-0.2, -0.15) is 10.2 Å². The number of hydrogen-bond donors (Lipinski definition) is 2. The SMILES string of the molecule is COC1(c2cc(-c3cn(C(C)C(C)C)c(=O)c4c(N)n[nH]c34)nn2C)CCS(=O)(=O)CC1. The molecule has 0 aliphatic carbocycles. The van der Waals surface area contributed by atoms with E-state index < -0.39 is 15.4 Å². The Labute approximate surface area is 186 Å². The Hall–Kier alpha value is -2.66. The number of methoxy groups -OCH3 is 1. The second kappa shape index (κ2) is 7.73. The number of ether oxygens (including phenoxy) is 1. The molecule has 11 heteroatoms. The maximum atomic E-state index is 13.1. The molecular weight excluding hydrogens is 432 g/mol. The van der Waals surface area contributed by atoms with Crippen LogP contribution >= 0.6 is 0 Å². The molecule has 32 heavy (non-hydrogen) atoms. The molecular formula is C21H30N6O4S. The molecule has 10 nitrogen and oxygen atoms in total. The van der Waals surface area contributed by atoms with Crippen LogP contribution < -0.4 is 11.3 Å². The van der Waals surface area contributed by atoms with Crippen molar-refractivity contribution in [3.8, 4) is 11.3 Å². The van der Waals surface area contributed by atoms with Gasteiger partial charge in [-0.3, -0.25) is 14.6 Å². The second-order valence-corrected chi connectivity index (χ2v) is 11.3. The van der Waals surface area contributed by atoms with Gasteiger partial charge in [0.2, 0.25) is 0 Å². The highest BCUT2D eigenvalue weighted by atomic mass is 32.2. The van der Waals surface area contributed by atoms with E-state index in [0.717, 1.165) is 5.69 Å². The van der Waals surface area contributed by atoms with Crippen LogP contribution in [-0.2, 0) is 27.2 Å². The van der Waals surface area contributed by atoms with E-state index in [9.17, 15) is 13.2 Å². The lowest BCUT2D eigenvalue weighted by molar-refractivity contribution is -0.0296. The number of nitrogens with two attached hydrogens (primary N) is 1. The molecule has 1 saturated heterocycles. The molecule has 3 aromatic rings. The fraction of sp³-hybridized carbons (Fsp3) is 0.571. The molecule has 1 aliphatic rings. The molecule has 0 spiro atoms. The standard InChI is InChI=1S/C21H30N6O4S/c1-12(2)13(3)27-11-14(18-17(20(27)28)19(22)24-23-18)15-10-16(26(4)25-15)21(31-5)6-8-32(29,30)9-7-21/h10-13H,6-9H2,1-5H3,(H3,22,23,24). The van der Waals surface area contributed by atoms with Crippen molar-refractivity contribution in [3.05, 3.63) is 28.3 Å². The number of aromatic nitrogens is 5. The largest absolute Gasteiger partial charge is 0.382 e. The van der Waals surface area contributed by atoms with Gasteiger partial charge in [0.25, 0.3) is 5.56 Å². The Morgan fingerprint density at radius 1 is 1.25 bits per heavy atom. The summed E-state index contributed by atoms with van der Waals surface area (Å²) in [5, 5.41) is 12.0. The molecule has 1 unspecified atom stereocenters. The van der Waals surface area contributed by atoms with Gasteiger partial charge in [0, 0.05) is 32.0 Å². The van der Waals surface area contributed by atoms with Crippen LogP contribution in [0.5, 0.6) is 0 Å². The summed E-state index contributed by atoms with van der Waals surface area (Å²) in [7, 11) is 0.354. The molecule has 174 valence electrons. The summed E-state index contributed by atoms with van der Waals surface area (Å²) < 4.78 is 33.3. The van der Waals surface area contributed by atoms with Gasteiger partial charge in [-0.05, 0) is 31.7 Å². The summed E-state index contributed by atoms with van der Waals surface area (Å²) in [4.78, 5) is 13.1. The monoisotopic (exact) mass is 462 g/mol. The number of nitrogen functional groups attached to an aromatic ring is 1. The van der Waals surface area contributed by atoms with E-state index in [1.807, 2.05) is 20.0 Å². The number of H-pyrrole nitrogens is 1. The zero-order valence-corrected chi connectivity index (χ0v) is 19.9. The maximum Gasteiger partial charge on any atom is 0.264 e. The Morgan fingerprint density at radius 2 is 1.91 bits per heavy atom. The van der Waals surface area contributed by atoms with Crippen LogP contribution in [0.1, 0.15) is 45.3 Å². The molecule has 4 heterocycles. The van der Waals surface area contributed by atoms with Crippen LogP contribution in [0.15, 0.2) is 17.1 Å². The molecule has 3 aromatic heterocycles. The third kappa shape index (κ3) is 3.53. The minimum absolute atomic E-state index is 0.0583. The number of hydrogen-bond acceptors (Lipinski definition) is 7. The summed E-state index contributed by atoms with van der Waals surface area (Å²) >= 11 is 0. The van der Waals surface area contributed by atoms with Gasteiger partial charge < -0.3 is 15.0 Å². The first kappa shape index (κ1) is 22.5. The quantitative estimate of drug-likeness (QED) is 0.591. The van der Waals surface area contributed by atoms with E-state index in [2.05, 4.69) is 24.0 Å². The normalized spacial score (nSPS) is 18.9. The van der Waals surface area contributed by atoms with Gasteiger partial charge in [-0.25, -0.2) is 8.42 Å². The predicted molar refractivity (Wildman–Crippen MR) is 123 cm³/mol. The first-order valence-electron chi connectivity index (χ1n) is 10.7. The zero-order chi connectivity index (χ0) is 23.4. The summed E-state index contributed by atoms with van der Waals surface area (Å²) in [6.45, 7) is 6.10.